The van der Waals surface area contributed by atoms with Gasteiger partial charge in [-0.15, -0.1) is 6.58 Å². The van der Waals surface area contributed by atoms with E-state index in [1.54, 1.807) is 30.2 Å². The molecule has 1 aromatic carbocycles. The number of amides is 3. The molecule has 3 aliphatic rings. The maximum Gasteiger partial charge on any atom is 0.328 e. The molecule has 3 amide bonds. The summed E-state index contributed by atoms with van der Waals surface area (Å²) in [6.07, 6.45) is 1.11. The molecule has 0 aliphatic carbocycles. The molecule has 1 aromatic rings. The quantitative estimate of drug-likeness (QED) is 0.773. The lowest BCUT2D eigenvalue weighted by Gasteiger charge is -2.42. The van der Waals surface area contributed by atoms with E-state index < -0.39 is 12.2 Å². The van der Waals surface area contributed by atoms with Crippen LogP contribution in [0.2, 0.25) is 5.02 Å². The van der Waals surface area contributed by atoms with E-state index in [1.165, 1.54) is 4.90 Å². The van der Waals surface area contributed by atoms with Crippen LogP contribution in [0.25, 0.3) is 0 Å². The molecule has 0 bridgehead atoms. The number of carbonyl (C=O) groups is 2. The van der Waals surface area contributed by atoms with Gasteiger partial charge in [0.05, 0.1) is 13.1 Å². The van der Waals surface area contributed by atoms with Crippen molar-refractivity contribution in [2.75, 3.05) is 20.1 Å². The van der Waals surface area contributed by atoms with Crippen molar-refractivity contribution in [3.05, 3.63) is 47.5 Å². The van der Waals surface area contributed by atoms with Gasteiger partial charge in [0.1, 0.15) is 12.2 Å². The Morgan fingerprint density at radius 1 is 1.32 bits per heavy atom. The number of rotatable bonds is 4. The van der Waals surface area contributed by atoms with E-state index in [0.717, 1.165) is 11.3 Å². The minimum Gasteiger partial charge on any atom is -0.310 e. The van der Waals surface area contributed by atoms with Crippen molar-refractivity contribution < 1.29 is 9.59 Å². The molecule has 4 rings (SSSR count). The predicted octanol–water partition coefficient (Wildman–Crippen LogP) is 1.49. The van der Waals surface area contributed by atoms with Gasteiger partial charge < -0.3 is 4.90 Å². The van der Waals surface area contributed by atoms with Crippen molar-refractivity contribution in [2.24, 2.45) is 5.10 Å². The molecule has 0 radical (unpaired) electrons. The van der Waals surface area contributed by atoms with Crippen LogP contribution >= 0.6 is 11.6 Å². The number of benzene rings is 1. The van der Waals surface area contributed by atoms with Crippen LogP contribution in [0.4, 0.5) is 4.79 Å². The average molecular weight is 403 g/mol. The summed E-state index contributed by atoms with van der Waals surface area (Å²) in [6, 6.07) is 6.38. The standard InChI is InChI=1S/C19H23ClN6O2/c1-4-9-26-18-21-16-15(24(18)10-12(2)22-26)17(27)25(19(28)23(16)3)11-13-5-7-14(20)8-6-13/h4-8,15-16,18,21H,1,9-11H2,2-3H3. The first kappa shape index (κ1) is 18.9. The number of hydrogen-bond acceptors (Lipinski definition) is 6. The van der Waals surface area contributed by atoms with Crippen molar-refractivity contribution in [3.8, 4) is 0 Å². The highest BCUT2D eigenvalue weighted by molar-refractivity contribution is 6.30. The maximum atomic E-state index is 13.4. The number of urea groups is 1. The fourth-order valence-corrected chi connectivity index (χ4v) is 4.17. The molecule has 3 heterocycles. The van der Waals surface area contributed by atoms with Gasteiger partial charge in [-0.1, -0.05) is 29.8 Å². The van der Waals surface area contributed by atoms with E-state index in [9.17, 15) is 9.59 Å². The predicted molar refractivity (Wildman–Crippen MR) is 106 cm³/mol. The van der Waals surface area contributed by atoms with Crippen molar-refractivity contribution in [1.82, 2.24) is 25.0 Å². The number of nitrogens with one attached hydrogen (secondary N) is 1. The smallest absolute Gasteiger partial charge is 0.310 e. The molecule has 8 nitrogen and oxygen atoms in total. The number of hydrazone groups is 1. The lowest BCUT2D eigenvalue weighted by molar-refractivity contribution is -0.139. The van der Waals surface area contributed by atoms with Gasteiger partial charge >= 0.3 is 6.03 Å². The van der Waals surface area contributed by atoms with Crippen LogP contribution in [0, 0.1) is 0 Å². The van der Waals surface area contributed by atoms with Gasteiger partial charge in [0.15, 0.2) is 6.29 Å². The van der Waals surface area contributed by atoms with E-state index in [-0.39, 0.29) is 24.8 Å². The van der Waals surface area contributed by atoms with Crippen LogP contribution in [0.15, 0.2) is 42.0 Å². The Bertz CT molecular complexity index is 841. The van der Waals surface area contributed by atoms with Crippen LogP contribution < -0.4 is 5.32 Å². The van der Waals surface area contributed by atoms with E-state index in [0.29, 0.717) is 18.1 Å². The molecule has 3 atom stereocenters. The third-order valence-electron chi connectivity index (χ3n) is 5.32. The number of fused-ring (bicyclic) bond motifs is 3. The Labute approximate surface area is 169 Å². The Hall–Kier alpha value is -2.42. The van der Waals surface area contributed by atoms with Gasteiger partial charge in [0.2, 0.25) is 0 Å². The van der Waals surface area contributed by atoms with Crippen LogP contribution in [0.1, 0.15) is 12.5 Å². The number of carbonyl (C=O) groups excluding carboxylic acids is 2. The monoisotopic (exact) mass is 402 g/mol. The van der Waals surface area contributed by atoms with Crippen LogP contribution in [-0.4, -0.2) is 76.0 Å². The van der Waals surface area contributed by atoms with Crippen molar-refractivity contribution in [1.29, 1.82) is 0 Å². The second-order valence-electron chi connectivity index (χ2n) is 7.29. The first-order valence-electron chi connectivity index (χ1n) is 9.16. The minimum atomic E-state index is -0.474. The van der Waals surface area contributed by atoms with Gasteiger partial charge in [0, 0.05) is 24.3 Å². The van der Waals surface area contributed by atoms with Gasteiger partial charge in [0.25, 0.3) is 5.91 Å². The molecular formula is C19H23ClN6O2. The summed E-state index contributed by atoms with van der Waals surface area (Å²) < 4.78 is 0. The third-order valence-corrected chi connectivity index (χ3v) is 5.57. The lowest BCUT2D eigenvalue weighted by atomic mass is 10.1. The summed E-state index contributed by atoms with van der Waals surface area (Å²) in [5, 5.41) is 10.4. The first-order chi connectivity index (χ1) is 13.4. The first-order valence-corrected chi connectivity index (χ1v) is 9.54. The summed E-state index contributed by atoms with van der Waals surface area (Å²) >= 11 is 5.94. The number of likely N-dealkylation sites (N-methyl/N-ethyl adjacent to an activating group) is 1. The highest BCUT2D eigenvalue weighted by Gasteiger charge is 2.56. The molecule has 2 fully saturated rings. The maximum absolute atomic E-state index is 13.4. The van der Waals surface area contributed by atoms with Gasteiger partial charge in [-0.3, -0.25) is 20.0 Å². The average Bonchev–Trinajstić information content (AvgIpc) is 3.05. The molecule has 148 valence electrons. The van der Waals surface area contributed by atoms with Crippen molar-refractivity contribution >= 4 is 29.3 Å². The fourth-order valence-electron chi connectivity index (χ4n) is 4.04. The number of nitrogens with zero attached hydrogens (tertiary/aromatic N) is 5. The molecule has 2 saturated heterocycles. The molecule has 3 unspecified atom stereocenters. The van der Waals surface area contributed by atoms with E-state index in [4.69, 9.17) is 11.6 Å². The van der Waals surface area contributed by atoms with E-state index in [2.05, 4.69) is 21.9 Å². The topological polar surface area (TPSA) is 71.5 Å². The van der Waals surface area contributed by atoms with Crippen LogP contribution in [-0.2, 0) is 11.3 Å². The Balaban J connectivity index is 1.62. The number of imide groups is 1. The Kier molecular flexibility index (Phi) is 4.86. The third kappa shape index (κ3) is 3.07. The zero-order valence-corrected chi connectivity index (χ0v) is 16.6. The molecule has 0 spiro atoms. The molecule has 1 N–H and O–H groups in total. The number of halogens is 1. The summed E-state index contributed by atoms with van der Waals surface area (Å²) in [7, 11) is 1.72. The molecule has 28 heavy (non-hydrogen) atoms. The zero-order chi connectivity index (χ0) is 20.0. The summed E-state index contributed by atoms with van der Waals surface area (Å²) in [4.78, 5) is 31.2. The van der Waals surface area contributed by atoms with Crippen LogP contribution in [0.5, 0.6) is 0 Å². The fraction of sp³-hybridized carbons (Fsp3) is 0.421. The molecule has 3 aliphatic heterocycles. The second-order valence-corrected chi connectivity index (χ2v) is 7.73. The van der Waals surface area contributed by atoms with Gasteiger partial charge in [-0.2, -0.15) is 5.10 Å². The molecule has 0 aromatic heterocycles. The highest BCUT2D eigenvalue weighted by atomic mass is 35.5. The highest BCUT2D eigenvalue weighted by Crippen LogP contribution is 2.30. The molecular weight excluding hydrogens is 380 g/mol. The molecule has 0 saturated carbocycles. The van der Waals surface area contributed by atoms with Crippen molar-refractivity contribution in [2.45, 2.75) is 32.0 Å². The normalized spacial score (nSPS) is 27.6. The van der Waals surface area contributed by atoms with Gasteiger partial charge in [-0.05, 0) is 24.6 Å². The summed E-state index contributed by atoms with van der Waals surface area (Å²) in [6.45, 7) is 7.05. The second kappa shape index (κ2) is 7.20. The Morgan fingerprint density at radius 3 is 2.71 bits per heavy atom. The molecule has 9 heteroatoms. The number of hydrogen-bond donors (Lipinski definition) is 1. The minimum absolute atomic E-state index is 0.202. The zero-order valence-electron chi connectivity index (χ0n) is 15.9. The van der Waals surface area contributed by atoms with Crippen LogP contribution in [0.3, 0.4) is 0 Å². The largest absolute Gasteiger partial charge is 0.328 e. The SMILES string of the molecule is C=CCN1N=C(C)CN2C3C(=O)N(Cc4ccc(Cl)cc4)C(=O)N(C)C3NC12. The van der Waals surface area contributed by atoms with Crippen molar-refractivity contribution in [3.63, 3.8) is 0 Å². The van der Waals surface area contributed by atoms with E-state index >= 15 is 0 Å². The Morgan fingerprint density at radius 2 is 2.04 bits per heavy atom. The summed E-state index contributed by atoms with van der Waals surface area (Å²) in [5.74, 6) is -0.202. The lowest BCUT2D eigenvalue weighted by Crippen LogP contribution is -2.66. The van der Waals surface area contributed by atoms with E-state index in [1.807, 2.05) is 24.1 Å². The van der Waals surface area contributed by atoms with Gasteiger partial charge in [-0.25, -0.2) is 9.69 Å². The summed E-state index contributed by atoms with van der Waals surface area (Å²) in [5.41, 5.74) is 1.77.